The second kappa shape index (κ2) is 4.31. The SMILES string of the molecule is O=C(O)c1cn(C2CC2)c(=O)nc1-c1ccncc1. The summed E-state index contributed by atoms with van der Waals surface area (Å²) in [6.45, 7) is 0. The van der Waals surface area contributed by atoms with Crippen LogP contribution in [0.1, 0.15) is 29.2 Å². The van der Waals surface area contributed by atoms with E-state index in [0.717, 1.165) is 12.8 Å². The molecule has 2 aromatic rings. The Morgan fingerprint density at radius 1 is 1.32 bits per heavy atom. The number of carbonyl (C=O) groups is 1. The zero-order chi connectivity index (χ0) is 13.4. The van der Waals surface area contributed by atoms with Crippen molar-refractivity contribution < 1.29 is 9.90 Å². The third-order valence-electron chi connectivity index (χ3n) is 3.08. The first kappa shape index (κ1) is 11.6. The Balaban J connectivity index is 2.21. The Hall–Kier alpha value is -2.50. The molecule has 96 valence electrons. The van der Waals surface area contributed by atoms with Crippen LogP contribution in [0.2, 0.25) is 0 Å². The van der Waals surface area contributed by atoms with Crippen molar-refractivity contribution in [3.8, 4) is 11.3 Å². The molecule has 2 heterocycles. The van der Waals surface area contributed by atoms with E-state index in [9.17, 15) is 14.7 Å². The van der Waals surface area contributed by atoms with Gasteiger partial charge >= 0.3 is 11.7 Å². The Labute approximate surface area is 108 Å². The highest BCUT2D eigenvalue weighted by Crippen LogP contribution is 2.34. The summed E-state index contributed by atoms with van der Waals surface area (Å²) in [5, 5.41) is 9.27. The molecule has 6 nitrogen and oxygen atoms in total. The molecule has 3 rings (SSSR count). The number of nitrogens with zero attached hydrogens (tertiary/aromatic N) is 3. The molecular formula is C13H11N3O3. The van der Waals surface area contributed by atoms with Gasteiger partial charge in [0.15, 0.2) is 0 Å². The van der Waals surface area contributed by atoms with Crippen LogP contribution in [0.15, 0.2) is 35.5 Å². The van der Waals surface area contributed by atoms with Gasteiger partial charge in [0.1, 0.15) is 5.56 Å². The summed E-state index contributed by atoms with van der Waals surface area (Å²) in [4.78, 5) is 31.0. The van der Waals surface area contributed by atoms with Crippen LogP contribution in [0.25, 0.3) is 11.3 Å². The van der Waals surface area contributed by atoms with Crippen LogP contribution in [0.3, 0.4) is 0 Å². The zero-order valence-electron chi connectivity index (χ0n) is 9.98. The fourth-order valence-electron chi connectivity index (χ4n) is 1.97. The van der Waals surface area contributed by atoms with Gasteiger partial charge in [0.05, 0.1) is 5.69 Å². The number of rotatable bonds is 3. The van der Waals surface area contributed by atoms with E-state index in [4.69, 9.17) is 0 Å². The molecule has 0 aliphatic heterocycles. The third-order valence-corrected chi connectivity index (χ3v) is 3.08. The zero-order valence-corrected chi connectivity index (χ0v) is 9.98. The van der Waals surface area contributed by atoms with Gasteiger partial charge in [-0.15, -0.1) is 0 Å². The largest absolute Gasteiger partial charge is 0.478 e. The summed E-state index contributed by atoms with van der Waals surface area (Å²) in [6, 6.07) is 3.37. The van der Waals surface area contributed by atoms with E-state index in [1.165, 1.54) is 23.2 Å². The van der Waals surface area contributed by atoms with E-state index in [1.807, 2.05) is 0 Å². The molecule has 0 saturated heterocycles. The van der Waals surface area contributed by atoms with Crippen molar-refractivity contribution in [3.63, 3.8) is 0 Å². The fourth-order valence-corrected chi connectivity index (χ4v) is 1.97. The second-order valence-corrected chi connectivity index (χ2v) is 4.47. The van der Waals surface area contributed by atoms with Crippen LogP contribution < -0.4 is 5.69 Å². The maximum Gasteiger partial charge on any atom is 0.348 e. The van der Waals surface area contributed by atoms with Crippen molar-refractivity contribution >= 4 is 5.97 Å². The molecule has 1 N–H and O–H groups in total. The Bertz CT molecular complexity index is 690. The molecule has 1 fully saturated rings. The molecule has 0 bridgehead atoms. The number of pyridine rings is 1. The molecule has 0 amide bonds. The van der Waals surface area contributed by atoms with Crippen LogP contribution in [-0.2, 0) is 0 Å². The summed E-state index contributed by atoms with van der Waals surface area (Å²) in [7, 11) is 0. The summed E-state index contributed by atoms with van der Waals surface area (Å²) < 4.78 is 1.41. The molecule has 6 heteroatoms. The lowest BCUT2D eigenvalue weighted by atomic mass is 10.1. The standard InChI is InChI=1S/C13H11N3O3/c17-12(18)10-7-16(9-1-2-9)13(19)15-11(10)8-3-5-14-6-4-8/h3-7,9H,1-2H2,(H,17,18). The van der Waals surface area contributed by atoms with Crippen LogP contribution >= 0.6 is 0 Å². The number of hydrogen-bond donors (Lipinski definition) is 1. The maximum absolute atomic E-state index is 11.9. The molecule has 1 aliphatic carbocycles. The topological polar surface area (TPSA) is 85.1 Å². The fraction of sp³-hybridized carbons (Fsp3) is 0.231. The van der Waals surface area contributed by atoms with Gasteiger partial charge in [-0.1, -0.05) is 0 Å². The van der Waals surface area contributed by atoms with E-state index < -0.39 is 11.7 Å². The molecule has 0 radical (unpaired) electrons. The first-order valence-corrected chi connectivity index (χ1v) is 5.93. The Morgan fingerprint density at radius 3 is 2.58 bits per heavy atom. The minimum Gasteiger partial charge on any atom is -0.478 e. The number of carboxylic acid groups (broad SMARTS) is 1. The number of hydrogen-bond acceptors (Lipinski definition) is 4. The van der Waals surface area contributed by atoms with E-state index >= 15 is 0 Å². The highest BCUT2D eigenvalue weighted by Gasteiger charge is 2.27. The van der Waals surface area contributed by atoms with E-state index in [0.29, 0.717) is 5.56 Å². The van der Waals surface area contributed by atoms with Crippen LogP contribution in [-0.4, -0.2) is 25.6 Å². The minimum absolute atomic E-state index is 0.0395. The summed E-state index contributed by atoms with van der Waals surface area (Å²) in [5.41, 5.74) is 0.404. The van der Waals surface area contributed by atoms with Gasteiger partial charge in [0.25, 0.3) is 0 Å². The van der Waals surface area contributed by atoms with Gasteiger partial charge < -0.3 is 5.11 Å². The van der Waals surface area contributed by atoms with Crippen molar-refractivity contribution in [2.24, 2.45) is 0 Å². The van der Waals surface area contributed by atoms with Crippen molar-refractivity contribution in [1.82, 2.24) is 14.5 Å². The third kappa shape index (κ3) is 2.12. The van der Waals surface area contributed by atoms with Crippen molar-refractivity contribution in [2.45, 2.75) is 18.9 Å². The van der Waals surface area contributed by atoms with Gasteiger partial charge in [0.2, 0.25) is 0 Å². The van der Waals surface area contributed by atoms with Crippen molar-refractivity contribution in [3.05, 3.63) is 46.8 Å². The summed E-state index contributed by atoms with van der Waals surface area (Å²) >= 11 is 0. The van der Waals surface area contributed by atoms with Gasteiger partial charge in [-0.3, -0.25) is 9.55 Å². The summed E-state index contributed by atoms with van der Waals surface area (Å²) in [5.74, 6) is -1.09. The molecule has 0 spiro atoms. The van der Waals surface area contributed by atoms with E-state index in [2.05, 4.69) is 9.97 Å². The minimum atomic E-state index is -1.09. The highest BCUT2D eigenvalue weighted by molar-refractivity contribution is 5.94. The number of aromatic nitrogens is 3. The van der Waals surface area contributed by atoms with Crippen molar-refractivity contribution in [2.75, 3.05) is 0 Å². The molecule has 0 atom stereocenters. The maximum atomic E-state index is 11.9. The van der Waals surface area contributed by atoms with E-state index in [-0.39, 0.29) is 17.3 Å². The smallest absolute Gasteiger partial charge is 0.348 e. The predicted octanol–water partition coefficient (Wildman–Crippen LogP) is 1.34. The number of aromatic carboxylic acids is 1. The molecule has 0 unspecified atom stereocenters. The van der Waals surface area contributed by atoms with Crippen LogP contribution in [0.5, 0.6) is 0 Å². The molecule has 1 aliphatic rings. The molecule has 19 heavy (non-hydrogen) atoms. The first-order valence-electron chi connectivity index (χ1n) is 5.93. The van der Waals surface area contributed by atoms with Crippen molar-refractivity contribution in [1.29, 1.82) is 0 Å². The Kier molecular flexibility index (Phi) is 2.63. The lowest BCUT2D eigenvalue weighted by molar-refractivity contribution is 0.0696. The molecule has 0 aromatic carbocycles. The monoisotopic (exact) mass is 257 g/mol. The molecule has 2 aromatic heterocycles. The number of carboxylic acids is 1. The van der Waals surface area contributed by atoms with Gasteiger partial charge in [-0.2, -0.15) is 4.98 Å². The summed E-state index contributed by atoms with van der Waals surface area (Å²) in [6.07, 6.45) is 6.26. The highest BCUT2D eigenvalue weighted by atomic mass is 16.4. The first-order chi connectivity index (χ1) is 9.16. The molecular weight excluding hydrogens is 246 g/mol. The van der Waals surface area contributed by atoms with Gasteiger partial charge in [0, 0.05) is 30.2 Å². The normalized spacial score (nSPS) is 14.3. The van der Waals surface area contributed by atoms with Crippen LogP contribution in [0.4, 0.5) is 0 Å². The Morgan fingerprint density at radius 2 is 2.00 bits per heavy atom. The van der Waals surface area contributed by atoms with E-state index in [1.54, 1.807) is 12.1 Å². The van der Waals surface area contributed by atoms with Gasteiger partial charge in [-0.05, 0) is 25.0 Å². The molecule has 1 saturated carbocycles. The predicted molar refractivity (Wildman–Crippen MR) is 67.0 cm³/mol. The lowest BCUT2D eigenvalue weighted by Crippen LogP contribution is -2.24. The second-order valence-electron chi connectivity index (χ2n) is 4.47. The van der Waals surface area contributed by atoms with Crippen LogP contribution in [0, 0.1) is 0 Å². The quantitative estimate of drug-likeness (QED) is 0.896. The average Bonchev–Trinajstić information content (AvgIpc) is 3.23. The average molecular weight is 257 g/mol. The lowest BCUT2D eigenvalue weighted by Gasteiger charge is -2.08. The van der Waals surface area contributed by atoms with Gasteiger partial charge in [-0.25, -0.2) is 9.59 Å².